The van der Waals surface area contributed by atoms with Gasteiger partial charge in [0, 0.05) is 26.7 Å². The smallest absolute Gasteiger partial charge is 0.383 e. The van der Waals surface area contributed by atoms with Gasteiger partial charge in [-0.2, -0.15) is 13.2 Å². The molecule has 5 nitrogen and oxygen atoms in total. The monoisotopic (exact) mass is 278 g/mol. The van der Waals surface area contributed by atoms with Gasteiger partial charge in [-0.3, -0.25) is 0 Å². The first-order valence-corrected chi connectivity index (χ1v) is 5.75. The van der Waals surface area contributed by atoms with Gasteiger partial charge >= 0.3 is 6.18 Å². The topological polar surface area (TPSA) is 50.3 Å². The van der Waals surface area contributed by atoms with Gasteiger partial charge in [0.2, 0.25) is 0 Å². The molecular formula is C11H17F3N4O. The van der Waals surface area contributed by atoms with Crippen molar-refractivity contribution in [1.82, 2.24) is 15.1 Å². The van der Waals surface area contributed by atoms with Gasteiger partial charge in [0.15, 0.2) is 5.69 Å². The van der Waals surface area contributed by atoms with Crippen molar-refractivity contribution in [2.45, 2.75) is 6.18 Å². The molecule has 0 saturated heterocycles. The second-order valence-electron chi connectivity index (χ2n) is 4.02. The second-order valence-corrected chi connectivity index (χ2v) is 4.02. The summed E-state index contributed by atoms with van der Waals surface area (Å²) in [6, 6.07) is 2.18. The molecule has 0 saturated carbocycles. The van der Waals surface area contributed by atoms with Crippen molar-refractivity contribution in [1.29, 1.82) is 0 Å². The van der Waals surface area contributed by atoms with E-state index in [9.17, 15) is 13.2 Å². The van der Waals surface area contributed by atoms with Crippen LogP contribution in [-0.4, -0.2) is 55.5 Å². The predicted molar refractivity (Wildman–Crippen MR) is 64.9 cm³/mol. The van der Waals surface area contributed by atoms with Crippen LogP contribution in [-0.2, 0) is 10.9 Å². The van der Waals surface area contributed by atoms with Crippen LogP contribution in [0.3, 0.4) is 0 Å². The molecule has 0 aliphatic heterocycles. The summed E-state index contributed by atoms with van der Waals surface area (Å²) in [4.78, 5) is 2.04. The average Bonchev–Trinajstić information content (AvgIpc) is 2.36. The standard InChI is InChI=1S/C11H17F3N4O/c1-18(7-8-19-2)6-5-15-10-4-3-9(16-17-10)11(12,13)14/h3-4H,5-8H2,1-2H3,(H,15,17). The Balaban J connectivity index is 2.34. The van der Waals surface area contributed by atoms with Crippen molar-refractivity contribution < 1.29 is 17.9 Å². The van der Waals surface area contributed by atoms with Crippen molar-refractivity contribution >= 4 is 5.82 Å². The number of hydrogen-bond acceptors (Lipinski definition) is 5. The second kappa shape index (κ2) is 7.25. The quantitative estimate of drug-likeness (QED) is 0.819. The molecule has 1 aromatic heterocycles. The van der Waals surface area contributed by atoms with E-state index in [1.54, 1.807) is 7.11 Å². The minimum Gasteiger partial charge on any atom is -0.383 e. The number of nitrogens with one attached hydrogen (secondary N) is 1. The number of aromatic nitrogens is 2. The van der Waals surface area contributed by atoms with E-state index in [2.05, 4.69) is 15.5 Å². The summed E-state index contributed by atoms with van der Waals surface area (Å²) >= 11 is 0. The van der Waals surface area contributed by atoms with E-state index in [4.69, 9.17) is 4.74 Å². The summed E-state index contributed by atoms with van der Waals surface area (Å²) in [5, 5.41) is 9.51. The Hall–Kier alpha value is -1.41. The van der Waals surface area contributed by atoms with Gasteiger partial charge in [-0.15, -0.1) is 10.2 Å². The summed E-state index contributed by atoms with van der Waals surface area (Å²) in [5.74, 6) is 0.327. The first-order valence-electron chi connectivity index (χ1n) is 5.75. The first kappa shape index (κ1) is 15.6. The summed E-state index contributed by atoms with van der Waals surface area (Å²) in [7, 11) is 3.56. The first-order chi connectivity index (χ1) is 8.93. The predicted octanol–water partition coefficient (Wildman–Crippen LogP) is 1.49. The Morgan fingerprint density at radius 1 is 1.26 bits per heavy atom. The number of alkyl halides is 3. The largest absolute Gasteiger partial charge is 0.435 e. The highest BCUT2D eigenvalue weighted by molar-refractivity contribution is 5.33. The van der Waals surface area contributed by atoms with Crippen LogP contribution >= 0.6 is 0 Å². The molecule has 1 aromatic rings. The molecule has 0 radical (unpaired) electrons. The molecule has 8 heteroatoms. The highest BCUT2D eigenvalue weighted by Crippen LogP contribution is 2.26. The molecule has 0 spiro atoms. The zero-order valence-electron chi connectivity index (χ0n) is 10.9. The SMILES string of the molecule is COCCN(C)CCNc1ccc(C(F)(F)F)nn1. The molecule has 19 heavy (non-hydrogen) atoms. The fourth-order valence-electron chi connectivity index (χ4n) is 1.31. The third-order valence-electron chi connectivity index (χ3n) is 2.43. The van der Waals surface area contributed by atoms with Crippen molar-refractivity contribution in [3.05, 3.63) is 17.8 Å². The summed E-state index contributed by atoms with van der Waals surface area (Å²) in [5.41, 5.74) is -0.990. The van der Waals surface area contributed by atoms with Gasteiger partial charge in [0.25, 0.3) is 0 Å². The van der Waals surface area contributed by atoms with Crippen LogP contribution in [0.5, 0.6) is 0 Å². The average molecular weight is 278 g/mol. The summed E-state index contributed by atoms with van der Waals surface area (Å²) in [6.45, 7) is 2.72. The van der Waals surface area contributed by atoms with Gasteiger partial charge in [-0.1, -0.05) is 0 Å². The molecule has 1 rings (SSSR count). The Bertz CT molecular complexity index is 369. The number of hydrogen-bond donors (Lipinski definition) is 1. The number of ether oxygens (including phenoxy) is 1. The minimum atomic E-state index is -4.45. The lowest BCUT2D eigenvalue weighted by Crippen LogP contribution is -2.28. The van der Waals surface area contributed by atoms with Crippen LogP contribution in [0.15, 0.2) is 12.1 Å². The minimum absolute atomic E-state index is 0.327. The Morgan fingerprint density at radius 2 is 2.00 bits per heavy atom. The van der Waals surface area contributed by atoms with Crippen LogP contribution < -0.4 is 5.32 Å². The third kappa shape index (κ3) is 5.84. The zero-order chi connectivity index (χ0) is 14.3. The number of anilines is 1. The molecule has 0 unspecified atom stereocenters. The number of likely N-dealkylation sites (N-methyl/N-ethyl adjacent to an activating group) is 1. The third-order valence-corrected chi connectivity index (χ3v) is 2.43. The number of nitrogens with zero attached hydrogens (tertiary/aromatic N) is 3. The molecule has 0 fully saturated rings. The van der Waals surface area contributed by atoms with Crippen molar-refractivity contribution in [3.8, 4) is 0 Å². The zero-order valence-corrected chi connectivity index (χ0v) is 10.9. The van der Waals surface area contributed by atoms with E-state index in [-0.39, 0.29) is 0 Å². The Morgan fingerprint density at radius 3 is 2.53 bits per heavy atom. The van der Waals surface area contributed by atoms with Crippen LogP contribution in [0, 0.1) is 0 Å². The van der Waals surface area contributed by atoms with E-state index >= 15 is 0 Å². The van der Waals surface area contributed by atoms with E-state index in [0.29, 0.717) is 19.0 Å². The molecule has 1 heterocycles. The molecule has 0 atom stereocenters. The van der Waals surface area contributed by atoms with Gasteiger partial charge in [0.05, 0.1) is 6.61 Å². The molecular weight excluding hydrogens is 261 g/mol. The van der Waals surface area contributed by atoms with E-state index in [0.717, 1.165) is 19.2 Å². The van der Waals surface area contributed by atoms with Gasteiger partial charge in [0.1, 0.15) is 5.82 Å². The molecule has 0 aliphatic carbocycles. The van der Waals surface area contributed by atoms with Crippen molar-refractivity contribution in [3.63, 3.8) is 0 Å². The molecule has 0 aromatic carbocycles. The number of methoxy groups -OCH3 is 1. The molecule has 0 bridgehead atoms. The lowest BCUT2D eigenvalue weighted by molar-refractivity contribution is -0.141. The van der Waals surface area contributed by atoms with Crippen LogP contribution in [0.25, 0.3) is 0 Å². The molecule has 0 amide bonds. The van der Waals surface area contributed by atoms with Crippen LogP contribution in [0.4, 0.5) is 19.0 Å². The van der Waals surface area contributed by atoms with Crippen LogP contribution in [0.2, 0.25) is 0 Å². The molecule has 108 valence electrons. The highest BCUT2D eigenvalue weighted by Gasteiger charge is 2.32. The maximum Gasteiger partial charge on any atom is 0.435 e. The van der Waals surface area contributed by atoms with Crippen molar-refractivity contribution in [2.24, 2.45) is 0 Å². The number of rotatable bonds is 7. The highest BCUT2D eigenvalue weighted by atomic mass is 19.4. The number of halogens is 3. The normalized spacial score (nSPS) is 11.9. The summed E-state index contributed by atoms with van der Waals surface area (Å²) < 4.78 is 41.7. The maximum atomic E-state index is 12.3. The van der Waals surface area contributed by atoms with Crippen molar-refractivity contribution in [2.75, 3.05) is 45.7 Å². The van der Waals surface area contributed by atoms with E-state index in [1.807, 2.05) is 11.9 Å². The van der Waals surface area contributed by atoms with E-state index < -0.39 is 11.9 Å². The fourth-order valence-corrected chi connectivity index (χ4v) is 1.31. The van der Waals surface area contributed by atoms with Crippen LogP contribution in [0.1, 0.15) is 5.69 Å². The van der Waals surface area contributed by atoms with Gasteiger partial charge in [-0.25, -0.2) is 0 Å². The summed E-state index contributed by atoms with van der Waals surface area (Å²) in [6.07, 6.45) is -4.45. The Kier molecular flexibility index (Phi) is 5.97. The maximum absolute atomic E-state index is 12.3. The van der Waals surface area contributed by atoms with Gasteiger partial charge < -0.3 is 15.0 Å². The molecule has 1 N–H and O–H groups in total. The lowest BCUT2D eigenvalue weighted by atomic mass is 10.4. The van der Waals surface area contributed by atoms with E-state index in [1.165, 1.54) is 6.07 Å². The Labute approximate surface area is 109 Å². The lowest BCUT2D eigenvalue weighted by Gasteiger charge is -2.16. The molecule has 0 aliphatic rings. The fraction of sp³-hybridized carbons (Fsp3) is 0.636. The van der Waals surface area contributed by atoms with Gasteiger partial charge in [-0.05, 0) is 19.2 Å².